The van der Waals surface area contributed by atoms with Crippen LogP contribution in [0.1, 0.15) is 0 Å². The number of hydrogen-bond donors (Lipinski definition) is 2. The Hall–Kier alpha value is 3.05. The van der Waals surface area contributed by atoms with Crippen molar-refractivity contribution in [1.82, 2.24) is 0 Å². The average Bonchev–Trinajstić information content (AvgIpc) is 1.31. The molecule has 0 aliphatic heterocycles. The SMILES string of the molecule is O=S(O)S(=O)(=O)O.[Cl-].[Cl-].[Cl-].[Fe+2].[K+]. The standard InChI is InChI=1S/3ClH.Fe.K.H2O5S2/c;;;;;1-6(2)7(3,4)5/h3*1H;;;(H,1,2)(H,3,4,5)/q;;;+2;+1;/p-3. The summed E-state index contributed by atoms with van der Waals surface area (Å²) in [6.07, 6.45) is 0. The fraction of sp³-hybridized carbons (Fsp3) is 0. The molecule has 12 heavy (non-hydrogen) atoms. The molecule has 0 rings (SSSR count). The molecule has 0 aromatic carbocycles. The molecule has 0 aliphatic carbocycles. The van der Waals surface area contributed by atoms with E-state index in [1.54, 1.807) is 0 Å². The molecular formula is H2Cl3FeKO5S2. The Labute approximate surface area is 144 Å². The molecule has 12 heteroatoms. The van der Waals surface area contributed by atoms with E-state index in [1.807, 2.05) is 0 Å². The van der Waals surface area contributed by atoms with Crippen LogP contribution in [-0.4, -0.2) is 21.7 Å². The molecule has 2 N–H and O–H groups in total. The third kappa shape index (κ3) is 23.1. The summed E-state index contributed by atoms with van der Waals surface area (Å²) in [4.78, 5) is 0. The van der Waals surface area contributed by atoms with Crippen molar-refractivity contribution in [3.63, 3.8) is 0 Å². The molecule has 0 amide bonds. The van der Waals surface area contributed by atoms with Gasteiger partial charge in [-0.2, -0.15) is 8.42 Å². The van der Waals surface area contributed by atoms with E-state index < -0.39 is 19.3 Å². The van der Waals surface area contributed by atoms with Crippen LogP contribution in [0.4, 0.5) is 0 Å². The van der Waals surface area contributed by atoms with E-state index in [9.17, 15) is 12.6 Å². The Morgan fingerprint density at radius 3 is 1.17 bits per heavy atom. The predicted octanol–water partition coefficient (Wildman–Crippen LogP) is -13.0. The molecule has 0 heterocycles. The van der Waals surface area contributed by atoms with Gasteiger partial charge in [0.2, 0.25) is 0 Å². The summed E-state index contributed by atoms with van der Waals surface area (Å²) < 4.78 is 43.0. The average molecular weight is 347 g/mol. The monoisotopic (exact) mass is 346 g/mol. The van der Waals surface area contributed by atoms with E-state index >= 15 is 0 Å². The molecule has 0 aliphatic rings. The Morgan fingerprint density at radius 1 is 1.08 bits per heavy atom. The van der Waals surface area contributed by atoms with Crippen LogP contribution in [0, 0.1) is 0 Å². The molecular weight excluding hydrogens is 345 g/mol. The third-order valence-corrected chi connectivity index (χ3v) is 1.62. The smallest absolute Gasteiger partial charge is 1.00 e. The third-order valence-electron chi connectivity index (χ3n) is 0.180. The van der Waals surface area contributed by atoms with Crippen molar-refractivity contribution >= 4 is 19.3 Å². The van der Waals surface area contributed by atoms with E-state index in [4.69, 9.17) is 9.11 Å². The van der Waals surface area contributed by atoms with Crippen LogP contribution in [0.5, 0.6) is 0 Å². The molecule has 1 unspecified atom stereocenters. The van der Waals surface area contributed by atoms with E-state index in [0.29, 0.717) is 0 Å². The Kier molecular flexibility index (Phi) is 49.8. The van der Waals surface area contributed by atoms with Crippen molar-refractivity contribution in [3.05, 3.63) is 0 Å². The van der Waals surface area contributed by atoms with E-state index in [2.05, 4.69) is 0 Å². The van der Waals surface area contributed by atoms with Gasteiger partial charge >= 0.3 is 87.7 Å². The maximum absolute atomic E-state index is 9.34. The van der Waals surface area contributed by atoms with Crippen LogP contribution < -0.4 is 88.6 Å². The largest absolute Gasteiger partial charge is 2.00 e. The van der Waals surface area contributed by atoms with E-state index in [0.717, 1.165) is 0 Å². The van der Waals surface area contributed by atoms with Gasteiger partial charge in [0.15, 0.2) is 0 Å². The molecule has 1 atom stereocenters. The van der Waals surface area contributed by atoms with Crippen molar-refractivity contribution in [1.29, 1.82) is 0 Å². The second kappa shape index (κ2) is 16.5. The Bertz CT molecular complexity index is 179. The first-order chi connectivity index (χ1) is 2.94. The van der Waals surface area contributed by atoms with Crippen LogP contribution >= 0.6 is 0 Å². The predicted molar refractivity (Wildman–Crippen MR) is 22.3 cm³/mol. The van der Waals surface area contributed by atoms with Gasteiger partial charge in [0.05, 0.1) is 0 Å². The van der Waals surface area contributed by atoms with Crippen molar-refractivity contribution in [2.75, 3.05) is 0 Å². The molecule has 0 bridgehead atoms. The molecule has 74 valence electrons. The maximum Gasteiger partial charge on any atom is 2.00 e. The minimum Gasteiger partial charge on any atom is -1.00 e. The topological polar surface area (TPSA) is 91.7 Å². The number of halogens is 3. The zero-order chi connectivity index (χ0) is 6.08. The molecule has 5 nitrogen and oxygen atoms in total. The molecule has 0 saturated carbocycles. The van der Waals surface area contributed by atoms with Crippen LogP contribution in [0.15, 0.2) is 0 Å². The van der Waals surface area contributed by atoms with Crippen LogP contribution in [-0.2, 0) is 36.3 Å². The van der Waals surface area contributed by atoms with E-state index in [1.165, 1.54) is 0 Å². The van der Waals surface area contributed by atoms with Crippen molar-refractivity contribution in [2.45, 2.75) is 0 Å². The van der Waals surface area contributed by atoms with Gasteiger partial charge in [0.25, 0.3) is 0 Å². The zero-order valence-corrected chi connectivity index (χ0v) is 13.6. The van der Waals surface area contributed by atoms with E-state index in [-0.39, 0.29) is 106 Å². The summed E-state index contributed by atoms with van der Waals surface area (Å²) >= 11 is 0. The van der Waals surface area contributed by atoms with Crippen LogP contribution in [0.2, 0.25) is 0 Å². The van der Waals surface area contributed by atoms with Crippen LogP contribution in [0.3, 0.4) is 0 Å². The van der Waals surface area contributed by atoms with Gasteiger partial charge in [-0.3, -0.25) is 9.11 Å². The quantitative estimate of drug-likeness (QED) is 0.213. The Balaban J connectivity index is -0.0000000180. The summed E-state index contributed by atoms with van der Waals surface area (Å²) in [7, 11) is -7.87. The minimum absolute atomic E-state index is 0. The number of rotatable bonds is 1. The summed E-state index contributed by atoms with van der Waals surface area (Å²) in [6, 6.07) is 0. The van der Waals surface area contributed by atoms with Crippen LogP contribution in [0.25, 0.3) is 0 Å². The normalized spacial score (nSPS) is 9.50. The van der Waals surface area contributed by atoms with Gasteiger partial charge in [-0.25, -0.2) is 4.21 Å². The van der Waals surface area contributed by atoms with Crippen molar-refractivity contribution < 1.29 is 127 Å². The zero-order valence-electron chi connectivity index (χ0n) is 5.42. The van der Waals surface area contributed by atoms with Gasteiger partial charge in [0, 0.05) is 0 Å². The fourth-order valence-corrected chi connectivity index (χ4v) is 0. The summed E-state index contributed by atoms with van der Waals surface area (Å²) in [6.45, 7) is 0. The first-order valence-electron chi connectivity index (χ1n) is 1.03. The second-order valence-electron chi connectivity index (χ2n) is 0.645. The van der Waals surface area contributed by atoms with Crippen molar-refractivity contribution in [3.8, 4) is 0 Å². The van der Waals surface area contributed by atoms with Gasteiger partial charge in [-0.1, -0.05) is 0 Å². The fourth-order valence-electron chi connectivity index (χ4n) is 0. The first-order valence-corrected chi connectivity index (χ1v) is 4.10. The molecule has 0 fully saturated rings. The number of hydrogen-bond acceptors (Lipinski definition) is 3. The Morgan fingerprint density at radius 2 is 1.17 bits per heavy atom. The summed E-state index contributed by atoms with van der Waals surface area (Å²) in [5.74, 6) is 0. The molecule has 0 saturated heterocycles. The summed E-state index contributed by atoms with van der Waals surface area (Å²) in [5.41, 5.74) is 0. The maximum atomic E-state index is 9.34. The molecule has 0 aromatic heterocycles. The second-order valence-corrected chi connectivity index (χ2v) is 4.05. The van der Waals surface area contributed by atoms with Gasteiger partial charge < -0.3 is 37.2 Å². The minimum atomic E-state index is -4.71. The first kappa shape index (κ1) is 36.3. The van der Waals surface area contributed by atoms with Gasteiger partial charge in [-0.15, -0.1) is 0 Å². The van der Waals surface area contributed by atoms with Gasteiger partial charge in [-0.05, 0) is 0 Å². The molecule has 0 spiro atoms. The van der Waals surface area contributed by atoms with Gasteiger partial charge in [0.1, 0.15) is 0 Å². The molecule has 0 aromatic rings. The summed E-state index contributed by atoms with van der Waals surface area (Å²) in [5, 5.41) is 0. The van der Waals surface area contributed by atoms with Crippen molar-refractivity contribution in [2.24, 2.45) is 0 Å². The molecule has 0 radical (unpaired) electrons.